The second-order valence-electron chi connectivity index (χ2n) is 5.64. The van der Waals surface area contributed by atoms with E-state index in [0.717, 1.165) is 19.5 Å². The number of carbonyl (C=O) groups excluding carboxylic acids is 1. The van der Waals surface area contributed by atoms with Crippen molar-refractivity contribution in [3.8, 4) is 0 Å². The van der Waals surface area contributed by atoms with E-state index in [1.807, 2.05) is 6.92 Å². The zero-order chi connectivity index (χ0) is 14.8. The second kappa shape index (κ2) is 5.69. The van der Waals surface area contributed by atoms with Crippen LogP contribution in [-0.4, -0.2) is 23.7 Å². The molecule has 5 nitrogen and oxygen atoms in total. The number of fused-ring (bicyclic) bond motifs is 1. The molecule has 5 heteroatoms. The number of nitrogens with one attached hydrogen (secondary N) is 2. The van der Waals surface area contributed by atoms with E-state index in [0.29, 0.717) is 11.6 Å². The lowest BCUT2D eigenvalue weighted by molar-refractivity contribution is -0.929. The van der Waals surface area contributed by atoms with Gasteiger partial charge in [0.15, 0.2) is 11.9 Å². The zero-order valence-corrected chi connectivity index (χ0v) is 12.3. The average Bonchev–Trinajstić information content (AvgIpc) is 2.91. The van der Waals surface area contributed by atoms with Gasteiger partial charge in [-0.05, 0) is 19.4 Å². The molecular formula is C16H20N3O2+. The summed E-state index contributed by atoms with van der Waals surface area (Å²) in [5, 5.41) is 6.62. The van der Waals surface area contributed by atoms with Gasteiger partial charge < -0.3 is 14.7 Å². The molecule has 0 saturated carbocycles. The standard InChI is InChI=1S/C16H19N3O2/c1-11-9-15(18-21-11)17-16(20)12(2)19-8-7-13-5-3-4-6-14(13)10-19/h3-6,9,12H,7-8,10H2,1-2H3,(H,17,18,20)/p+1/t12-/m1/s1. The number of amides is 1. The summed E-state index contributed by atoms with van der Waals surface area (Å²) in [7, 11) is 0. The third-order valence-corrected chi connectivity index (χ3v) is 4.14. The molecule has 3 rings (SSSR count). The van der Waals surface area contributed by atoms with Crippen molar-refractivity contribution in [2.75, 3.05) is 11.9 Å². The molecule has 2 N–H and O–H groups in total. The van der Waals surface area contributed by atoms with Gasteiger partial charge in [0.25, 0.3) is 5.91 Å². The van der Waals surface area contributed by atoms with Crippen molar-refractivity contribution in [3.05, 3.63) is 47.2 Å². The van der Waals surface area contributed by atoms with Crippen molar-refractivity contribution < 1.29 is 14.2 Å². The van der Waals surface area contributed by atoms with Gasteiger partial charge in [0.2, 0.25) is 0 Å². The number of hydrogen-bond donors (Lipinski definition) is 2. The van der Waals surface area contributed by atoms with Crippen LogP contribution in [0.3, 0.4) is 0 Å². The second-order valence-corrected chi connectivity index (χ2v) is 5.64. The Labute approximate surface area is 123 Å². The number of nitrogens with zero attached hydrogens (tertiary/aromatic N) is 1. The van der Waals surface area contributed by atoms with E-state index in [1.54, 1.807) is 13.0 Å². The maximum absolute atomic E-state index is 12.3. The Morgan fingerprint density at radius 1 is 1.38 bits per heavy atom. The molecule has 1 unspecified atom stereocenters. The van der Waals surface area contributed by atoms with Crippen molar-refractivity contribution in [3.63, 3.8) is 0 Å². The molecule has 1 aromatic heterocycles. The van der Waals surface area contributed by atoms with Crippen LogP contribution in [-0.2, 0) is 17.8 Å². The Hall–Kier alpha value is -2.14. The molecule has 0 saturated heterocycles. The van der Waals surface area contributed by atoms with E-state index < -0.39 is 0 Å². The molecular weight excluding hydrogens is 266 g/mol. The summed E-state index contributed by atoms with van der Waals surface area (Å²) in [5.74, 6) is 1.16. The van der Waals surface area contributed by atoms with Crippen LogP contribution in [0.5, 0.6) is 0 Å². The quantitative estimate of drug-likeness (QED) is 0.883. The minimum Gasteiger partial charge on any atom is -0.360 e. The molecule has 2 aromatic rings. The first-order valence-electron chi connectivity index (χ1n) is 7.29. The summed E-state index contributed by atoms with van der Waals surface area (Å²) in [6.07, 6.45) is 1.02. The summed E-state index contributed by atoms with van der Waals surface area (Å²) in [6, 6.07) is 10.1. The Kier molecular flexibility index (Phi) is 3.75. The molecule has 21 heavy (non-hydrogen) atoms. The van der Waals surface area contributed by atoms with Crippen molar-refractivity contribution >= 4 is 11.7 Å². The maximum atomic E-state index is 12.3. The van der Waals surface area contributed by atoms with E-state index >= 15 is 0 Å². The minimum absolute atomic E-state index is 0.0160. The molecule has 2 atom stereocenters. The first-order chi connectivity index (χ1) is 10.1. The van der Waals surface area contributed by atoms with Crippen LogP contribution in [0.4, 0.5) is 5.82 Å². The molecule has 2 heterocycles. The smallest absolute Gasteiger partial charge is 0.283 e. The highest BCUT2D eigenvalue weighted by Gasteiger charge is 2.29. The Bertz CT molecular complexity index is 650. The third kappa shape index (κ3) is 2.97. The fraction of sp³-hybridized carbons (Fsp3) is 0.375. The predicted molar refractivity (Wildman–Crippen MR) is 79.0 cm³/mol. The van der Waals surface area contributed by atoms with E-state index in [2.05, 4.69) is 34.7 Å². The summed E-state index contributed by atoms with van der Waals surface area (Å²) in [6.45, 7) is 5.64. The Morgan fingerprint density at radius 3 is 2.86 bits per heavy atom. The number of aromatic nitrogens is 1. The lowest BCUT2D eigenvalue weighted by Crippen LogP contribution is -3.16. The summed E-state index contributed by atoms with van der Waals surface area (Å²) in [4.78, 5) is 13.6. The van der Waals surface area contributed by atoms with E-state index in [4.69, 9.17) is 4.52 Å². The Morgan fingerprint density at radius 2 is 2.14 bits per heavy atom. The monoisotopic (exact) mass is 286 g/mol. The largest absolute Gasteiger partial charge is 0.360 e. The van der Waals surface area contributed by atoms with Crippen molar-refractivity contribution in [1.29, 1.82) is 0 Å². The Balaban J connectivity index is 1.66. The van der Waals surface area contributed by atoms with Gasteiger partial charge >= 0.3 is 0 Å². The van der Waals surface area contributed by atoms with Crippen molar-refractivity contribution in [1.82, 2.24) is 5.16 Å². The van der Waals surface area contributed by atoms with Gasteiger partial charge in [-0.3, -0.25) is 4.79 Å². The number of anilines is 1. The van der Waals surface area contributed by atoms with Gasteiger partial charge in [0.1, 0.15) is 12.3 Å². The van der Waals surface area contributed by atoms with E-state index in [-0.39, 0.29) is 11.9 Å². The molecule has 0 radical (unpaired) electrons. The predicted octanol–water partition coefficient (Wildman–Crippen LogP) is 0.951. The normalized spacial score (nSPS) is 18.9. The number of aryl methyl sites for hydroxylation is 1. The van der Waals surface area contributed by atoms with Crippen LogP contribution in [0.1, 0.15) is 23.8 Å². The average molecular weight is 286 g/mol. The van der Waals surface area contributed by atoms with Crippen LogP contribution < -0.4 is 10.2 Å². The third-order valence-electron chi connectivity index (χ3n) is 4.14. The first kappa shape index (κ1) is 13.8. The van der Waals surface area contributed by atoms with Crippen molar-refractivity contribution in [2.24, 2.45) is 0 Å². The topological polar surface area (TPSA) is 59.6 Å². The van der Waals surface area contributed by atoms with Crippen LogP contribution >= 0.6 is 0 Å². The SMILES string of the molecule is Cc1cc(NC(=O)[C@@H](C)[NH+]2CCc3ccccc3C2)no1. The summed E-state index contributed by atoms with van der Waals surface area (Å²) >= 11 is 0. The molecule has 1 amide bonds. The van der Waals surface area contributed by atoms with Gasteiger partial charge in [0.05, 0.1) is 6.54 Å². The summed E-state index contributed by atoms with van der Waals surface area (Å²) in [5.41, 5.74) is 2.75. The first-order valence-corrected chi connectivity index (χ1v) is 7.29. The molecule has 110 valence electrons. The molecule has 0 fully saturated rings. The van der Waals surface area contributed by atoms with Gasteiger partial charge in [-0.1, -0.05) is 29.4 Å². The molecule has 0 bridgehead atoms. The van der Waals surface area contributed by atoms with Gasteiger partial charge in [0, 0.05) is 18.1 Å². The van der Waals surface area contributed by atoms with Crippen LogP contribution in [0.25, 0.3) is 0 Å². The van der Waals surface area contributed by atoms with E-state index in [9.17, 15) is 4.79 Å². The van der Waals surface area contributed by atoms with Gasteiger partial charge in [-0.25, -0.2) is 0 Å². The minimum atomic E-state index is -0.115. The zero-order valence-electron chi connectivity index (χ0n) is 12.3. The van der Waals surface area contributed by atoms with Gasteiger partial charge in [-0.2, -0.15) is 0 Å². The van der Waals surface area contributed by atoms with Crippen molar-refractivity contribution in [2.45, 2.75) is 32.9 Å². The summed E-state index contributed by atoms with van der Waals surface area (Å²) < 4.78 is 4.97. The number of quaternary nitrogens is 1. The number of hydrogen-bond acceptors (Lipinski definition) is 3. The highest BCUT2D eigenvalue weighted by atomic mass is 16.5. The molecule has 0 spiro atoms. The molecule has 0 aliphatic carbocycles. The highest BCUT2D eigenvalue weighted by molar-refractivity contribution is 5.92. The molecule has 1 aromatic carbocycles. The van der Waals surface area contributed by atoms with Crippen LogP contribution in [0.15, 0.2) is 34.9 Å². The number of rotatable bonds is 3. The van der Waals surface area contributed by atoms with Gasteiger partial charge in [-0.15, -0.1) is 0 Å². The fourth-order valence-electron chi connectivity index (χ4n) is 2.82. The lowest BCUT2D eigenvalue weighted by atomic mass is 9.99. The lowest BCUT2D eigenvalue weighted by Gasteiger charge is -2.29. The number of benzene rings is 1. The maximum Gasteiger partial charge on any atom is 0.283 e. The van der Waals surface area contributed by atoms with E-state index in [1.165, 1.54) is 16.0 Å². The molecule has 1 aliphatic heterocycles. The van der Waals surface area contributed by atoms with Crippen LogP contribution in [0, 0.1) is 6.92 Å². The number of carbonyl (C=O) groups is 1. The van der Waals surface area contributed by atoms with Crippen LogP contribution in [0.2, 0.25) is 0 Å². The fourth-order valence-corrected chi connectivity index (χ4v) is 2.82. The highest BCUT2D eigenvalue weighted by Crippen LogP contribution is 2.11. The molecule has 1 aliphatic rings.